The Labute approximate surface area is 120 Å². The molecule has 0 heterocycles. The van der Waals surface area contributed by atoms with Gasteiger partial charge in [-0.15, -0.1) is 0 Å². The van der Waals surface area contributed by atoms with Crippen molar-refractivity contribution >= 4 is 57.8 Å². The minimum atomic E-state index is 0.316. The van der Waals surface area contributed by atoms with Crippen LogP contribution in [0.5, 0.6) is 0 Å². The molecule has 0 saturated heterocycles. The molecule has 0 aliphatic heterocycles. The van der Waals surface area contributed by atoms with E-state index < -0.39 is 0 Å². The van der Waals surface area contributed by atoms with Crippen LogP contribution in [0.25, 0.3) is 0 Å². The van der Waals surface area contributed by atoms with Crippen LogP contribution in [0.1, 0.15) is 12.5 Å². The summed E-state index contributed by atoms with van der Waals surface area (Å²) in [6.45, 7) is 1.79. The van der Waals surface area contributed by atoms with E-state index >= 15 is 0 Å². The first-order valence-corrected chi connectivity index (χ1v) is 6.17. The Morgan fingerprint density at radius 2 is 1.88 bits per heavy atom. The van der Waals surface area contributed by atoms with Crippen LogP contribution in [0.2, 0.25) is 15.1 Å². The highest BCUT2D eigenvalue weighted by Crippen LogP contribution is 2.32. The van der Waals surface area contributed by atoms with Crippen LogP contribution in [0.15, 0.2) is 17.2 Å². The van der Waals surface area contributed by atoms with Gasteiger partial charge in [-0.2, -0.15) is 5.10 Å². The molecule has 1 aromatic carbocycles. The minimum absolute atomic E-state index is 0.316. The fraction of sp³-hybridized carbons (Fsp3) is 0.200. The molecule has 0 fully saturated rings. The predicted molar refractivity (Wildman–Crippen MR) is 78.5 cm³/mol. The van der Waals surface area contributed by atoms with E-state index in [-0.39, 0.29) is 0 Å². The number of halogens is 3. The summed E-state index contributed by atoms with van der Waals surface area (Å²) < 4.78 is 0. The average molecular weight is 311 g/mol. The molecule has 0 bridgehead atoms. The molecule has 0 aromatic heterocycles. The van der Waals surface area contributed by atoms with Gasteiger partial charge in [-0.05, 0) is 25.2 Å². The zero-order valence-electron chi connectivity index (χ0n) is 9.14. The van der Waals surface area contributed by atoms with Gasteiger partial charge < -0.3 is 5.32 Å². The van der Waals surface area contributed by atoms with Gasteiger partial charge in [-0.1, -0.05) is 40.9 Å². The van der Waals surface area contributed by atoms with Crippen LogP contribution in [-0.4, -0.2) is 17.9 Å². The molecule has 3 nitrogen and oxygen atoms in total. The summed E-state index contributed by atoms with van der Waals surface area (Å²) in [6.07, 6.45) is 0. The van der Waals surface area contributed by atoms with Crippen molar-refractivity contribution in [2.75, 3.05) is 7.05 Å². The third kappa shape index (κ3) is 3.71. The van der Waals surface area contributed by atoms with Gasteiger partial charge in [0.05, 0.1) is 20.8 Å². The Kier molecular flexibility index (Phi) is 5.46. The number of rotatable bonds is 2. The normalized spacial score (nSPS) is 11.2. The van der Waals surface area contributed by atoms with Crippen LogP contribution in [0.3, 0.4) is 0 Å². The molecule has 17 heavy (non-hydrogen) atoms. The lowest BCUT2D eigenvalue weighted by Gasteiger charge is -2.07. The molecular weight excluding hydrogens is 301 g/mol. The monoisotopic (exact) mass is 309 g/mol. The molecule has 0 atom stereocenters. The van der Waals surface area contributed by atoms with Crippen molar-refractivity contribution in [1.82, 2.24) is 10.7 Å². The number of hydrogen-bond acceptors (Lipinski definition) is 2. The van der Waals surface area contributed by atoms with Crippen molar-refractivity contribution in [2.24, 2.45) is 5.10 Å². The molecule has 1 rings (SSSR count). The first-order chi connectivity index (χ1) is 7.97. The fourth-order valence-electron chi connectivity index (χ4n) is 1.06. The lowest BCUT2D eigenvalue weighted by molar-refractivity contribution is 0.974. The SMILES string of the molecule is CNC(=S)N/N=C(\C)c1ccc(Cl)c(Cl)c1Cl. The molecule has 7 heteroatoms. The van der Waals surface area contributed by atoms with Crippen molar-refractivity contribution in [3.63, 3.8) is 0 Å². The molecule has 2 N–H and O–H groups in total. The smallest absolute Gasteiger partial charge is 0.186 e. The summed E-state index contributed by atoms with van der Waals surface area (Å²) in [5.41, 5.74) is 4.03. The quantitative estimate of drug-likeness (QED) is 0.380. The summed E-state index contributed by atoms with van der Waals surface area (Å²) in [5.74, 6) is 0. The van der Waals surface area contributed by atoms with Crippen LogP contribution in [-0.2, 0) is 0 Å². The van der Waals surface area contributed by atoms with Crippen molar-refractivity contribution in [2.45, 2.75) is 6.92 Å². The second kappa shape index (κ2) is 6.40. The molecule has 0 saturated carbocycles. The Morgan fingerprint density at radius 3 is 2.47 bits per heavy atom. The number of hydrazone groups is 1. The van der Waals surface area contributed by atoms with E-state index in [0.29, 0.717) is 31.5 Å². The van der Waals surface area contributed by atoms with Crippen molar-refractivity contribution in [1.29, 1.82) is 0 Å². The summed E-state index contributed by atoms with van der Waals surface area (Å²) >= 11 is 22.7. The maximum Gasteiger partial charge on any atom is 0.186 e. The first kappa shape index (κ1) is 14.5. The van der Waals surface area contributed by atoms with E-state index in [4.69, 9.17) is 47.0 Å². The topological polar surface area (TPSA) is 36.4 Å². The van der Waals surface area contributed by atoms with Gasteiger partial charge in [0.25, 0.3) is 0 Å². The van der Waals surface area contributed by atoms with E-state index in [2.05, 4.69) is 15.8 Å². The second-order valence-corrected chi connectivity index (χ2v) is 4.68. The van der Waals surface area contributed by atoms with Crippen molar-refractivity contribution < 1.29 is 0 Å². The zero-order valence-corrected chi connectivity index (χ0v) is 12.2. The molecule has 0 spiro atoms. The van der Waals surface area contributed by atoms with Crippen LogP contribution in [0.4, 0.5) is 0 Å². The maximum atomic E-state index is 6.07. The number of nitrogens with one attached hydrogen (secondary N) is 2. The Morgan fingerprint density at radius 1 is 1.24 bits per heavy atom. The van der Waals surface area contributed by atoms with Gasteiger partial charge in [0.15, 0.2) is 5.11 Å². The number of hydrogen-bond donors (Lipinski definition) is 2. The molecule has 0 amide bonds. The van der Waals surface area contributed by atoms with E-state index in [9.17, 15) is 0 Å². The standard InChI is InChI=1S/C10H10Cl3N3S/c1-5(15-16-10(17)14-2)6-3-4-7(11)9(13)8(6)12/h3-4H,1-2H3,(H2,14,16,17)/b15-5+. The van der Waals surface area contributed by atoms with Crippen LogP contribution < -0.4 is 10.7 Å². The fourth-order valence-corrected chi connectivity index (χ4v) is 1.77. The molecule has 0 unspecified atom stereocenters. The third-order valence-electron chi connectivity index (χ3n) is 1.98. The zero-order chi connectivity index (χ0) is 13.0. The van der Waals surface area contributed by atoms with E-state index in [0.717, 1.165) is 0 Å². The lowest BCUT2D eigenvalue weighted by Crippen LogP contribution is -2.29. The highest BCUT2D eigenvalue weighted by atomic mass is 35.5. The predicted octanol–water partition coefficient (Wildman–Crippen LogP) is 3.46. The first-order valence-electron chi connectivity index (χ1n) is 4.63. The Hall–Kier alpha value is -0.550. The molecule has 92 valence electrons. The number of thiocarbonyl (C=S) groups is 1. The van der Waals surface area contributed by atoms with Crippen LogP contribution >= 0.6 is 47.0 Å². The van der Waals surface area contributed by atoms with E-state index in [1.807, 2.05) is 0 Å². The van der Waals surface area contributed by atoms with Crippen molar-refractivity contribution in [3.05, 3.63) is 32.8 Å². The molecule has 0 aliphatic rings. The van der Waals surface area contributed by atoms with Gasteiger partial charge in [-0.3, -0.25) is 5.43 Å². The second-order valence-electron chi connectivity index (χ2n) is 3.11. The van der Waals surface area contributed by atoms with E-state index in [1.54, 1.807) is 26.1 Å². The molecule has 0 radical (unpaired) electrons. The van der Waals surface area contributed by atoms with Crippen LogP contribution in [0, 0.1) is 0 Å². The van der Waals surface area contributed by atoms with Gasteiger partial charge in [0.1, 0.15) is 0 Å². The molecular formula is C10H10Cl3N3S. The van der Waals surface area contributed by atoms with Gasteiger partial charge in [0, 0.05) is 12.6 Å². The maximum absolute atomic E-state index is 6.07. The summed E-state index contributed by atoms with van der Waals surface area (Å²) in [5, 5.41) is 8.33. The Balaban J connectivity index is 3.01. The number of nitrogens with zero attached hydrogens (tertiary/aromatic N) is 1. The summed E-state index contributed by atoms with van der Waals surface area (Å²) in [6, 6.07) is 3.42. The lowest BCUT2D eigenvalue weighted by atomic mass is 10.1. The number of benzene rings is 1. The summed E-state index contributed by atoms with van der Waals surface area (Å²) in [7, 11) is 1.70. The van der Waals surface area contributed by atoms with Gasteiger partial charge in [-0.25, -0.2) is 0 Å². The molecule has 1 aromatic rings. The highest BCUT2D eigenvalue weighted by Gasteiger charge is 2.10. The Bertz CT molecular complexity index is 474. The van der Waals surface area contributed by atoms with Gasteiger partial charge >= 0.3 is 0 Å². The highest BCUT2D eigenvalue weighted by molar-refractivity contribution is 7.80. The third-order valence-corrected chi connectivity index (χ3v) is 3.57. The van der Waals surface area contributed by atoms with Gasteiger partial charge in [0.2, 0.25) is 0 Å². The molecule has 0 aliphatic carbocycles. The van der Waals surface area contributed by atoms with Crippen molar-refractivity contribution in [3.8, 4) is 0 Å². The van der Waals surface area contributed by atoms with E-state index in [1.165, 1.54) is 0 Å². The average Bonchev–Trinajstić information content (AvgIpc) is 2.32. The minimum Gasteiger partial charge on any atom is -0.364 e. The summed E-state index contributed by atoms with van der Waals surface area (Å²) in [4.78, 5) is 0. The largest absolute Gasteiger partial charge is 0.364 e.